The molecule has 36 heavy (non-hydrogen) atoms. The number of nitrogens with zero attached hydrogens (tertiary/aromatic N) is 3. The van der Waals surface area contributed by atoms with Gasteiger partial charge in [-0.3, -0.25) is 0 Å². The van der Waals surface area contributed by atoms with Crippen LogP contribution in [0, 0.1) is 5.82 Å². The number of fused-ring (bicyclic) bond motifs is 1. The van der Waals surface area contributed by atoms with Crippen LogP contribution in [0.4, 0.5) is 20.6 Å². The van der Waals surface area contributed by atoms with Gasteiger partial charge in [-0.05, 0) is 80.6 Å². The van der Waals surface area contributed by atoms with Crippen LogP contribution >= 0.6 is 27.5 Å². The van der Waals surface area contributed by atoms with Crippen LogP contribution < -0.4 is 16.4 Å². The Morgan fingerprint density at radius 2 is 1.94 bits per heavy atom. The maximum absolute atomic E-state index is 13.8. The van der Waals surface area contributed by atoms with Crippen LogP contribution in [-0.2, 0) is 4.74 Å². The van der Waals surface area contributed by atoms with Gasteiger partial charge in [-0.25, -0.2) is 18.7 Å². The molecule has 0 radical (unpaired) electrons. The molecule has 1 aromatic carbocycles. The number of alkyl carbamates (subject to hydrolysis) is 1. The molecule has 2 heterocycles. The molecular weight excluding hydrogens is 551 g/mol. The lowest BCUT2D eigenvalue weighted by Crippen LogP contribution is -2.42. The molecule has 1 amide bonds. The topological polar surface area (TPSA) is 106 Å². The largest absolute Gasteiger partial charge is 0.444 e. The minimum Gasteiger partial charge on any atom is -0.444 e. The van der Waals surface area contributed by atoms with Crippen molar-refractivity contribution in [2.75, 3.05) is 5.32 Å². The van der Waals surface area contributed by atoms with Gasteiger partial charge in [-0.1, -0.05) is 11.6 Å². The summed E-state index contributed by atoms with van der Waals surface area (Å²) in [6.07, 6.45) is 6.37. The second-order valence-corrected chi connectivity index (χ2v) is 11.2. The van der Waals surface area contributed by atoms with Crippen molar-refractivity contribution in [1.29, 1.82) is 0 Å². The van der Waals surface area contributed by atoms with E-state index in [-0.39, 0.29) is 23.6 Å². The normalized spacial score (nSPS) is 18.8. The van der Waals surface area contributed by atoms with Gasteiger partial charge >= 0.3 is 6.09 Å². The number of aromatic nitrogens is 2. The highest BCUT2D eigenvalue weighted by Crippen LogP contribution is 2.31. The van der Waals surface area contributed by atoms with Crippen LogP contribution in [0.1, 0.15) is 52.0 Å². The van der Waals surface area contributed by atoms with E-state index in [1.165, 1.54) is 18.2 Å². The number of hydrogen-bond donors (Lipinski definition) is 3. The number of amidine groups is 1. The SMILES string of the molecule is CC(C)(C)OC(=O)N[C@H]1CC[C@H](Nc2c(/C(N)=N/c3cc(F)ccc3Cl)cnn3cc(Br)cc23)CC1. The second kappa shape index (κ2) is 10.6. The number of benzene rings is 1. The van der Waals surface area contributed by atoms with Gasteiger partial charge in [0.15, 0.2) is 0 Å². The molecule has 0 unspecified atom stereocenters. The first kappa shape index (κ1) is 26.2. The molecule has 0 atom stereocenters. The van der Waals surface area contributed by atoms with E-state index in [0.717, 1.165) is 41.4 Å². The first-order valence-electron chi connectivity index (χ1n) is 11.7. The van der Waals surface area contributed by atoms with Crippen molar-refractivity contribution in [3.8, 4) is 0 Å². The van der Waals surface area contributed by atoms with Crippen molar-refractivity contribution in [2.45, 2.75) is 64.1 Å². The third-order valence-electron chi connectivity index (χ3n) is 5.83. The third-order valence-corrected chi connectivity index (χ3v) is 6.58. The van der Waals surface area contributed by atoms with Crippen molar-refractivity contribution in [1.82, 2.24) is 14.9 Å². The molecule has 3 aromatic rings. The van der Waals surface area contributed by atoms with Crippen molar-refractivity contribution in [3.05, 3.63) is 57.5 Å². The number of halogens is 3. The molecule has 1 aliphatic carbocycles. The Morgan fingerprint density at radius 1 is 1.25 bits per heavy atom. The summed E-state index contributed by atoms with van der Waals surface area (Å²) in [5.74, 6) is -0.289. The van der Waals surface area contributed by atoms with Crippen molar-refractivity contribution in [2.24, 2.45) is 10.7 Å². The van der Waals surface area contributed by atoms with Crippen LogP contribution in [0.2, 0.25) is 5.02 Å². The number of carbonyl (C=O) groups excluding carboxylic acids is 1. The average Bonchev–Trinajstić information content (AvgIpc) is 3.17. The third kappa shape index (κ3) is 6.47. The van der Waals surface area contributed by atoms with E-state index in [9.17, 15) is 9.18 Å². The van der Waals surface area contributed by atoms with Gasteiger partial charge in [0.25, 0.3) is 0 Å². The number of anilines is 1. The molecule has 4 N–H and O–H groups in total. The van der Waals surface area contributed by atoms with E-state index in [2.05, 4.69) is 36.7 Å². The predicted molar refractivity (Wildman–Crippen MR) is 144 cm³/mol. The van der Waals surface area contributed by atoms with E-state index in [1.54, 1.807) is 10.7 Å². The Bertz CT molecular complexity index is 1300. The van der Waals surface area contributed by atoms with E-state index in [4.69, 9.17) is 22.1 Å². The molecule has 1 saturated carbocycles. The summed E-state index contributed by atoms with van der Waals surface area (Å²) in [6, 6.07) is 6.09. The van der Waals surface area contributed by atoms with Crippen molar-refractivity contribution in [3.63, 3.8) is 0 Å². The Morgan fingerprint density at radius 3 is 2.64 bits per heavy atom. The number of ether oxygens (including phenoxy) is 1. The highest BCUT2D eigenvalue weighted by Gasteiger charge is 2.26. The van der Waals surface area contributed by atoms with Gasteiger partial charge in [0.2, 0.25) is 0 Å². The number of rotatable bonds is 5. The minimum atomic E-state index is -0.533. The molecule has 192 valence electrons. The fourth-order valence-electron chi connectivity index (χ4n) is 4.19. The number of nitrogens with two attached hydrogens (primary N) is 1. The van der Waals surface area contributed by atoms with Gasteiger partial charge in [-0.15, -0.1) is 0 Å². The van der Waals surface area contributed by atoms with Crippen LogP contribution in [0.5, 0.6) is 0 Å². The Kier molecular flexibility index (Phi) is 7.75. The van der Waals surface area contributed by atoms with E-state index in [1.807, 2.05) is 33.0 Å². The van der Waals surface area contributed by atoms with E-state index >= 15 is 0 Å². The standard InChI is InChI=1S/C25H29BrClFN6O2/c1-25(2,3)36-24(35)32-17-7-5-16(6-8-17)31-22-18(12-30-34-13-14(26)10-21(22)34)23(29)33-20-11-15(28)4-9-19(20)27/h4,9-13,16-17,31H,5-8H2,1-3H3,(H2,29,33)(H,32,35)/t16-,17-. The zero-order chi connectivity index (χ0) is 26.0. The molecule has 0 aliphatic heterocycles. The lowest BCUT2D eigenvalue weighted by Gasteiger charge is -2.31. The maximum atomic E-state index is 13.8. The Balaban J connectivity index is 1.55. The fourth-order valence-corrected chi connectivity index (χ4v) is 4.76. The quantitative estimate of drug-likeness (QED) is 0.247. The second-order valence-electron chi connectivity index (χ2n) is 9.85. The summed E-state index contributed by atoms with van der Waals surface area (Å²) in [7, 11) is 0. The molecule has 2 aromatic heterocycles. The zero-order valence-corrected chi connectivity index (χ0v) is 22.7. The first-order valence-corrected chi connectivity index (χ1v) is 12.9. The molecule has 1 aliphatic rings. The Labute approximate surface area is 222 Å². The minimum absolute atomic E-state index is 0.0547. The summed E-state index contributed by atoms with van der Waals surface area (Å²) in [6.45, 7) is 5.53. The van der Waals surface area contributed by atoms with Gasteiger partial charge in [-0.2, -0.15) is 5.10 Å². The molecule has 0 bridgehead atoms. The number of amides is 1. The van der Waals surface area contributed by atoms with Gasteiger partial charge in [0.1, 0.15) is 17.3 Å². The molecule has 1 fully saturated rings. The predicted octanol–water partition coefficient (Wildman–Crippen LogP) is 6.17. The highest BCUT2D eigenvalue weighted by molar-refractivity contribution is 9.10. The highest BCUT2D eigenvalue weighted by atomic mass is 79.9. The van der Waals surface area contributed by atoms with E-state index < -0.39 is 17.5 Å². The summed E-state index contributed by atoms with van der Waals surface area (Å²) in [4.78, 5) is 16.5. The monoisotopic (exact) mass is 578 g/mol. The van der Waals surface area contributed by atoms with Crippen LogP contribution in [0.25, 0.3) is 5.52 Å². The van der Waals surface area contributed by atoms with Gasteiger partial charge in [0, 0.05) is 28.8 Å². The van der Waals surface area contributed by atoms with Crippen molar-refractivity contribution >= 4 is 56.4 Å². The zero-order valence-electron chi connectivity index (χ0n) is 20.3. The van der Waals surface area contributed by atoms with Crippen LogP contribution in [0.3, 0.4) is 0 Å². The summed E-state index contributed by atoms with van der Waals surface area (Å²) in [5, 5.41) is 11.3. The molecule has 0 saturated heterocycles. The van der Waals surface area contributed by atoms with Gasteiger partial charge in [0.05, 0.1) is 33.7 Å². The summed E-state index contributed by atoms with van der Waals surface area (Å²) in [5.41, 5.74) is 8.26. The lowest BCUT2D eigenvalue weighted by atomic mass is 9.91. The van der Waals surface area contributed by atoms with Crippen LogP contribution in [0.15, 0.2) is 46.1 Å². The fraction of sp³-hybridized carbons (Fsp3) is 0.400. The molecular formula is C25H29BrClFN6O2. The number of aliphatic imine (C=N–C) groups is 1. The smallest absolute Gasteiger partial charge is 0.407 e. The summed E-state index contributed by atoms with van der Waals surface area (Å²) < 4.78 is 21.7. The van der Waals surface area contributed by atoms with E-state index in [0.29, 0.717) is 10.6 Å². The first-order chi connectivity index (χ1) is 17.0. The summed E-state index contributed by atoms with van der Waals surface area (Å²) >= 11 is 9.70. The molecule has 11 heteroatoms. The van der Waals surface area contributed by atoms with Crippen LogP contribution in [-0.4, -0.2) is 39.2 Å². The maximum Gasteiger partial charge on any atom is 0.407 e. The Hall–Kier alpha value is -2.85. The molecule has 0 spiro atoms. The lowest BCUT2D eigenvalue weighted by molar-refractivity contribution is 0.0492. The molecule has 4 rings (SSSR count). The number of carbonyl (C=O) groups is 1. The van der Waals surface area contributed by atoms with Gasteiger partial charge < -0.3 is 21.1 Å². The molecule has 8 nitrogen and oxygen atoms in total. The average molecular weight is 580 g/mol. The number of hydrogen-bond acceptors (Lipinski definition) is 5. The number of nitrogens with one attached hydrogen (secondary N) is 2. The van der Waals surface area contributed by atoms with Crippen molar-refractivity contribution < 1.29 is 13.9 Å².